The van der Waals surface area contributed by atoms with Gasteiger partial charge in [0.15, 0.2) is 0 Å². The molecule has 4 nitrogen and oxygen atoms in total. The van der Waals surface area contributed by atoms with Crippen molar-refractivity contribution >= 4 is 0 Å². The average Bonchev–Trinajstić information content (AvgIpc) is 2.37. The van der Waals surface area contributed by atoms with E-state index in [1.54, 1.807) is 7.11 Å². The second-order valence-electron chi connectivity index (χ2n) is 4.88. The van der Waals surface area contributed by atoms with Crippen LogP contribution in [0.5, 0.6) is 5.75 Å². The lowest BCUT2D eigenvalue weighted by Gasteiger charge is -2.16. The summed E-state index contributed by atoms with van der Waals surface area (Å²) >= 11 is 0. The molecule has 0 unspecified atom stereocenters. The highest BCUT2D eigenvalue weighted by Gasteiger charge is 2.06. The van der Waals surface area contributed by atoms with Gasteiger partial charge in [-0.3, -0.25) is 0 Å². The number of hydrogen-bond acceptors (Lipinski definition) is 4. The largest absolute Gasteiger partial charge is 0.492 e. The summed E-state index contributed by atoms with van der Waals surface area (Å²) in [6.07, 6.45) is 0. The zero-order valence-corrected chi connectivity index (χ0v) is 12.5. The maximum atomic E-state index is 5.92. The van der Waals surface area contributed by atoms with Crippen molar-refractivity contribution in [2.45, 2.75) is 13.5 Å². The lowest BCUT2D eigenvalue weighted by Crippen LogP contribution is -2.21. The normalized spacial score (nSPS) is 11.0. The highest BCUT2D eigenvalue weighted by atomic mass is 16.5. The summed E-state index contributed by atoms with van der Waals surface area (Å²) in [5.41, 5.74) is 2.39. The molecule has 0 saturated heterocycles. The predicted octanol–water partition coefficient (Wildman–Crippen LogP) is 1.67. The molecule has 0 amide bonds. The van der Waals surface area contributed by atoms with Crippen LogP contribution in [0.3, 0.4) is 0 Å². The van der Waals surface area contributed by atoms with E-state index >= 15 is 0 Å². The van der Waals surface area contributed by atoms with E-state index in [2.05, 4.69) is 49.4 Å². The fraction of sp³-hybridized carbons (Fsp3) is 0.600. The molecule has 0 bridgehead atoms. The fourth-order valence-corrected chi connectivity index (χ4v) is 1.79. The number of ether oxygens (including phenoxy) is 2. The van der Waals surface area contributed by atoms with Crippen LogP contribution in [0, 0.1) is 6.92 Å². The minimum atomic E-state index is 0.711. The second kappa shape index (κ2) is 8.91. The molecule has 0 radical (unpaired) electrons. The van der Waals surface area contributed by atoms with Crippen LogP contribution in [0.4, 0.5) is 0 Å². The van der Waals surface area contributed by atoms with Crippen molar-refractivity contribution in [3.8, 4) is 5.75 Å². The van der Waals surface area contributed by atoms with Gasteiger partial charge in [-0.2, -0.15) is 0 Å². The molecule has 0 aliphatic heterocycles. The lowest BCUT2D eigenvalue weighted by atomic mass is 10.1. The third-order valence-corrected chi connectivity index (χ3v) is 2.88. The highest BCUT2D eigenvalue weighted by Crippen LogP contribution is 2.23. The number of para-hydroxylation sites is 1. The summed E-state index contributed by atoms with van der Waals surface area (Å²) in [5.74, 6) is 1.01. The fourth-order valence-electron chi connectivity index (χ4n) is 1.79. The molecule has 1 aromatic carbocycles. The van der Waals surface area contributed by atoms with Crippen LogP contribution in [0.25, 0.3) is 0 Å². The van der Waals surface area contributed by atoms with Crippen LogP contribution in [-0.4, -0.2) is 52.4 Å². The van der Waals surface area contributed by atoms with Crippen LogP contribution in [0.1, 0.15) is 11.1 Å². The summed E-state index contributed by atoms with van der Waals surface area (Å²) in [7, 11) is 5.81. The highest BCUT2D eigenvalue weighted by molar-refractivity contribution is 5.40. The SMILES string of the molecule is COCCNCc1cccc(C)c1OCCN(C)C. The van der Waals surface area contributed by atoms with E-state index in [0.29, 0.717) is 6.61 Å². The van der Waals surface area contributed by atoms with E-state index in [9.17, 15) is 0 Å². The zero-order valence-electron chi connectivity index (χ0n) is 12.5. The molecule has 0 atom stereocenters. The Balaban J connectivity index is 2.56. The Morgan fingerprint density at radius 1 is 1.21 bits per heavy atom. The van der Waals surface area contributed by atoms with E-state index in [0.717, 1.165) is 32.0 Å². The van der Waals surface area contributed by atoms with Gasteiger partial charge in [0.1, 0.15) is 12.4 Å². The van der Waals surface area contributed by atoms with Gasteiger partial charge in [0, 0.05) is 32.3 Å². The van der Waals surface area contributed by atoms with Gasteiger partial charge in [0.25, 0.3) is 0 Å². The molecule has 19 heavy (non-hydrogen) atoms. The number of rotatable bonds is 9. The van der Waals surface area contributed by atoms with E-state index in [-0.39, 0.29) is 0 Å². The van der Waals surface area contributed by atoms with Gasteiger partial charge in [0.05, 0.1) is 6.61 Å². The smallest absolute Gasteiger partial charge is 0.126 e. The molecule has 1 rings (SSSR count). The standard InChI is InChI=1S/C15H26N2O2/c1-13-6-5-7-14(12-16-8-10-18-4)15(13)19-11-9-17(2)3/h5-7,16H,8-12H2,1-4H3. The molecule has 0 saturated carbocycles. The van der Waals surface area contributed by atoms with Crippen LogP contribution in [0.15, 0.2) is 18.2 Å². The maximum Gasteiger partial charge on any atom is 0.126 e. The van der Waals surface area contributed by atoms with Gasteiger partial charge in [-0.25, -0.2) is 0 Å². The first kappa shape index (κ1) is 16.0. The summed E-state index contributed by atoms with van der Waals surface area (Å²) in [6.45, 7) is 6.10. The molecule has 0 fully saturated rings. The molecule has 0 aliphatic carbocycles. The first-order valence-corrected chi connectivity index (χ1v) is 6.71. The van der Waals surface area contributed by atoms with E-state index in [4.69, 9.17) is 9.47 Å². The lowest BCUT2D eigenvalue weighted by molar-refractivity contribution is 0.199. The summed E-state index contributed by atoms with van der Waals surface area (Å²) in [5, 5.41) is 3.35. The molecule has 1 aromatic rings. The second-order valence-corrected chi connectivity index (χ2v) is 4.88. The van der Waals surface area contributed by atoms with Gasteiger partial charge < -0.3 is 19.7 Å². The van der Waals surface area contributed by atoms with Gasteiger partial charge in [-0.1, -0.05) is 18.2 Å². The van der Waals surface area contributed by atoms with Crippen molar-refractivity contribution in [1.29, 1.82) is 0 Å². The molecule has 0 aromatic heterocycles. The summed E-state index contributed by atoms with van der Waals surface area (Å²) < 4.78 is 10.9. The minimum absolute atomic E-state index is 0.711. The van der Waals surface area contributed by atoms with Crippen LogP contribution < -0.4 is 10.1 Å². The van der Waals surface area contributed by atoms with Gasteiger partial charge in [0.2, 0.25) is 0 Å². The van der Waals surface area contributed by atoms with Crippen molar-refractivity contribution < 1.29 is 9.47 Å². The molecule has 4 heteroatoms. The summed E-state index contributed by atoms with van der Waals surface area (Å²) in [6, 6.07) is 6.27. The number of hydrogen-bond donors (Lipinski definition) is 1. The number of nitrogens with zero attached hydrogens (tertiary/aromatic N) is 1. The van der Waals surface area contributed by atoms with Gasteiger partial charge >= 0.3 is 0 Å². The van der Waals surface area contributed by atoms with Gasteiger partial charge in [-0.05, 0) is 26.6 Å². The van der Waals surface area contributed by atoms with Crippen molar-refractivity contribution in [1.82, 2.24) is 10.2 Å². The Morgan fingerprint density at radius 3 is 2.68 bits per heavy atom. The number of nitrogens with one attached hydrogen (secondary N) is 1. The van der Waals surface area contributed by atoms with Crippen molar-refractivity contribution in [3.63, 3.8) is 0 Å². The number of methoxy groups -OCH3 is 1. The Hall–Kier alpha value is -1.10. The topological polar surface area (TPSA) is 33.7 Å². The molecule has 0 spiro atoms. The first-order valence-electron chi connectivity index (χ1n) is 6.71. The monoisotopic (exact) mass is 266 g/mol. The third-order valence-electron chi connectivity index (χ3n) is 2.88. The van der Waals surface area contributed by atoms with Crippen molar-refractivity contribution in [2.75, 3.05) is 47.5 Å². The Kier molecular flexibility index (Phi) is 7.48. The Labute approximate surface area is 116 Å². The van der Waals surface area contributed by atoms with E-state index < -0.39 is 0 Å². The minimum Gasteiger partial charge on any atom is -0.492 e. The van der Waals surface area contributed by atoms with Crippen LogP contribution in [-0.2, 0) is 11.3 Å². The summed E-state index contributed by atoms with van der Waals surface area (Å²) in [4.78, 5) is 2.12. The van der Waals surface area contributed by atoms with E-state index in [1.807, 2.05) is 0 Å². The first-order chi connectivity index (χ1) is 9.15. The molecule has 1 N–H and O–H groups in total. The molecule has 0 heterocycles. The number of aryl methyl sites for hydroxylation is 1. The molecule has 0 aliphatic rings. The third kappa shape index (κ3) is 6.05. The average molecular weight is 266 g/mol. The number of likely N-dealkylation sites (N-methyl/N-ethyl adjacent to an activating group) is 1. The van der Waals surface area contributed by atoms with Crippen LogP contribution in [0.2, 0.25) is 0 Å². The maximum absolute atomic E-state index is 5.92. The Morgan fingerprint density at radius 2 is 2.00 bits per heavy atom. The van der Waals surface area contributed by atoms with E-state index in [1.165, 1.54) is 11.1 Å². The van der Waals surface area contributed by atoms with Crippen LogP contribution >= 0.6 is 0 Å². The molecular formula is C15H26N2O2. The van der Waals surface area contributed by atoms with Crippen molar-refractivity contribution in [3.05, 3.63) is 29.3 Å². The quantitative estimate of drug-likeness (QED) is 0.689. The molecular weight excluding hydrogens is 240 g/mol. The zero-order chi connectivity index (χ0) is 14.1. The predicted molar refractivity (Wildman–Crippen MR) is 78.8 cm³/mol. The molecule has 108 valence electrons. The number of benzene rings is 1. The Bertz CT molecular complexity index is 367. The van der Waals surface area contributed by atoms with Crippen molar-refractivity contribution in [2.24, 2.45) is 0 Å². The van der Waals surface area contributed by atoms with Gasteiger partial charge in [-0.15, -0.1) is 0 Å².